The third-order valence-corrected chi connectivity index (χ3v) is 2.24. The molecule has 5 nitrogen and oxygen atoms in total. The van der Waals surface area contributed by atoms with Crippen molar-refractivity contribution in [2.45, 2.75) is 6.92 Å². The van der Waals surface area contributed by atoms with E-state index < -0.39 is 0 Å². The second kappa shape index (κ2) is 5.69. The van der Waals surface area contributed by atoms with Gasteiger partial charge in [0.15, 0.2) is 0 Å². The van der Waals surface area contributed by atoms with E-state index in [1.54, 1.807) is 38.2 Å². The first-order valence-electron chi connectivity index (χ1n) is 5.13. The first kappa shape index (κ1) is 12.8. The van der Waals surface area contributed by atoms with Crippen LogP contribution in [-0.4, -0.2) is 18.8 Å². The van der Waals surface area contributed by atoms with Gasteiger partial charge >= 0.3 is 0 Å². The van der Waals surface area contributed by atoms with Crippen LogP contribution in [0.5, 0.6) is 0 Å². The molecular formula is C12H16N4O. The summed E-state index contributed by atoms with van der Waals surface area (Å²) in [5.41, 5.74) is 12.9. The average molecular weight is 232 g/mol. The maximum absolute atomic E-state index is 11.4. The Morgan fingerprint density at radius 1 is 1.47 bits per heavy atom. The second-order valence-electron chi connectivity index (χ2n) is 3.48. The Morgan fingerprint density at radius 2 is 2.18 bits per heavy atom. The molecule has 0 aliphatic rings. The number of nitrogens with one attached hydrogen (secondary N) is 1. The Kier molecular flexibility index (Phi) is 4.28. The highest BCUT2D eigenvalue weighted by atomic mass is 16.1. The van der Waals surface area contributed by atoms with Crippen LogP contribution in [0.1, 0.15) is 17.3 Å². The zero-order valence-electron chi connectivity index (χ0n) is 9.90. The summed E-state index contributed by atoms with van der Waals surface area (Å²) in [6.45, 7) is 1.77. The number of carbonyl (C=O) groups is 1. The number of nitrogens with zero attached hydrogens (tertiary/aromatic N) is 1. The fourth-order valence-electron chi connectivity index (χ4n) is 1.17. The summed E-state index contributed by atoms with van der Waals surface area (Å²) in [4.78, 5) is 15.6. The lowest BCUT2D eigenvalue weighted by molar-refractivity contribution is 0.0963. The first-order chi connectivity index (χ1) is 8.08. The fraction of sp³-hybridized carbons (Fsp3) is 0.167. The normalized spacial score (nSPS) is 12.4. The van der Waals surface area contributed by atoms with Gasteiger partial charge in [0.25, 0.3) is 5.91 Å². The van der Waals surface area contributed by atoms with E-state index in [4.69, 9.17) is 11.5 Å². The number of carbonyl (C=O) groups excluding carboxylic acids is 1. The lowest BCUT2D eigenvalue weighted by Gasteiger charge is -2.02. The quantitative estimate of drug-likeness (QED) is 0.534. The molecule has 0 atom stereocenters. The van der Waals surface area contributed by atoms with Gasteiger partial charge in [-0.15, -0.1) is 0 Å². The molecule has 1 amide bonds. The van der Waals surface area contributed by atoms with Gasteiger partial charge in [0.05, 0.1) is 5.69 Å². The van der Waals surface area contributed by atoms with Crippen molar-refractivity contribution in [3.8, 4) is 0 Å². The third-order valence-electron chi connectivity index (χ3n) is 2.24. The number of hydrogen-bond donors (Lipinski definition) is 3. The maximum atomic E-state index is 11.4. The van der Waals surface area contributed by atoms with Crippen LogP contribution in [0.3, 0.4) is 0 Å². The molecule has 0 aromatic heterocycles. The van der Waals surface area contributed by atoms with E-state index in [1.165, 1.54) is 6.20 Å². The van der Waals surface area contributed by atoms with Crippen molar-refractivity contribution in [2.75, 3.05) is 7.05 Å². The molecule has 0 bridgehead atoms. The van der Waals surface area contributed by atoms with E-state index in [-0.39, 0.29) is 5.91 Å². The van der Waals surface area contributed by atoms with Gasteiger partial charge in [-0.05, 0) is 25.1 Å². The monoisotopic (exact) mass is 232 g/mol. The van der Waals surface area contributed by atoms with E-state index >= 15 is 0 Å². The van der Waals surface area contributed by atoms with Crippen LogP contribution in [0.2, 0.25) is 0 Å². The first-order valence-corrected chi connectivity index (χ1v) is 5.13. The molecule has 5 N–H and O–H groups in total. The Morgan fingerprint density at radius 3 is 2.76 bits per heavy atom. The van der Waals surface area contributed by atoms with Crippen molar-refractivity contribution < 1.29 is 4.79 Å². The van der Waals surface area contributed by atoms with Crippen molar-refractivity contribution in [2.24, 2.45) is 16.5 Å². The standard InChI is InChI=1S/C12H16N4O/c1-8(7-13)11(14)16-10-5-3-4-9(6-10)12(17)15-2/h3-7H,13H2,1-2H3,(H2,14,16)(H,15,17). The Balaban J connectivity index is 3.05. The highest BCUT2D eigenvalue weighted by Crippen LogP contribution is 2.14. The lowest BCUT2D eigenvalue weighted by atomic mass is 10.2. The summed E-state index contributed by atoms with van der Waals surface area (Å²) >= 11 is 0. The minimum Gasteiger partial charge on any atom is -0.404 e. The molecule has 5 heteroatoms. The largest absolute Gasteiger partial charge is 0.404 e. The summed E-state index contributed by atoms with van der Waals surface area (Å²) in [6, 6.07) is 6.89. The van der Waals surface area contributed by atoms with Crippen LogP contribution < -0.4 is 16.8 Å². The highest BCUT2D eigenvalue weighted by Gasteiger charge is 2.03. The molecule has 17 heavy (non-hydrogen) atoms. The molecule has 0 aliphatic heterocycles. The molecule has 0 fully saturated rings. The van der Waals surface area contributed by atoms with Crippen LogP contribution >= 0.6 is 0 Å². The predicted octanol–water partition coefficient (Wildman–Crippen LogP) is 0.897. The minimum atomic E-state index is -0.160. The van der Waals surface area contributed by atoms with Gasteiger partial charge in [-0.3, -0.25) is 4.79 Å². The fourth-order valence-corrected chi connectivity index (χ4v) is 1.17. The van der Waals surface area contributed by atoms with Crippen molar-refractivity contribution in [1.29, 1.82) is 0 Å². The summed E-state index contributed by atoms with van der Waals surface area (Å²) in [6.07, 6.45) is 1.39. The zero-order valence-corrected chi connectivity index (χ0v) is 9.90. The summed E-state index contributed by atoms with van der Waals surface area (Å²) in [7, 11) is 1.58. The summed E-state index contributed by atoms with van der Waals surface area (Å²) < 4.78 is 0. The Labute approximate surface area is 100 Å². The lowest BCUT2D eigenvalue weighted by Crippen LogP contribution is -2.17. The number of aliphatic imine (C=N–C) groups is 1. The maximum Gasteiger partial charge on any atom is 0.251 e. The summed E-state index contributed by atoms with van der Waals surface area (Å²) in [5, 5.41) is 2.55. The van der Waals surface area contributed by atoms with E-state index in [1.807, 2.05) is 0 Å². The Bertz CT molecular complexity index is 477. The molecule has 1 rings (SSSR count). The molecular weight excluding hydrogens is 216 g/mol. The highest BCUT2D eigenvalue weighted by molar-refractivity contribution is 5.99. The second-order valence-corrected chi connectivity index (χ2v) is 3.48. The molecule has 90 valence electrons. The Hall–Kier alpha value is -2.30. The van der Waals surface area contributed by atoms with Gasteiger partial charge in [-0.1, -0.05) is 6.07 Å². The number of rotatable bonds is 3. The van der Waals surface area contributed by atoms with Crippen molar-refractivity contribution in [3.05, 3.63) is 41.6 Å². The predicted molar refractivity (Wildman–Crippen MR) is 69.1 cm³/mol. The molecule has 1 aromatic carbocycles. The van der Waals surface area contributed by atoms with E-state index in [0.717, 1.165) is 0 Å². The van der Waals surface area contributed by atoms with Crippen LogP contribution in [0.25, 0.3) is 0 Å². The average Bonchev–Trinajstić information content (AvgIpc) is 2.37. The number of amides is 1. The van der Waals surface area contributed by atoms with Gasteiger partial charge in [-0.25, -0.2) is 4.99 Å². The van der Waals surface area contributed by atoms with E-state index in [0.29, 0.717) is 22.7 Å². The van der Waals surface area contributed by atoms with Gasteiger partial charge < -0.3 is 16.8 Å². The van der Waals surface area contributed by atoms with Gasteiger partial charge in [0.1, 0.15) is 5.84 Å². The van der Waals surface area contributed by atoms with Crippen LogP contribution in [0.4, 0.5) is 5.69 Å². The number of nitrogens with two attached hydrogens (primary N) is 2. The molecule has 0 aliphatic carbocycles. The van der Waals surface area contributed by atoms with Crippen molar-refractivity contribution >= 4 is 17.4 Å². The van der Waals surface area contributed by atoms with Crippen LogP contribution in [-0.2, 0) is 0 Å². The van der Waals surface area contributed by atoms with Gasteiger partial charge in [-0.2, -0.15) is 0 Å². The van der Waals surface area contributed by atoms with Crippen LogP contribution in [0.15, 0.2) is 41.0 Å². The van der Waals surface area contributed by atoms with E-state index in [2.05, 4.69) is 10.3 Å². The number of amidine groups is 1. The van der Waals surface area contributed by atoms with Crippen molar-refractivity contribution in [1.82, 2.24) is 5.32 Å². The number of benzene rings is 1. The minimum absolute atomic E-state index is 0.160. The molecule has 0 saturated carbocycles. The topological polar surface area (TPSA) is 93.5 Å². The van der Waals surface area contributed by atoms with Crippen LogP contribution in [0, 0.1) is 0 Å². The van der Waals surface area contributed by atoms with E-state index in [9.17, 15) is 4.79 Å². The van der Waals surface area contributed by atoms with Gasteiger partial charge in [0, 0.05) is 24.4 Å². The summed E-state index contributed by atoms with van der Waals surface area (Å²) in [5.74, 6) is 0.174. The molecule has 0 radical (unpaired) electrons. The van der Waals surface area contributed by atoms with Crippen molar-refractivity contribution in [3.63, 3.8) is 0 Å². The molecule has 1 aromatic rings. The smallest absolute Gasteiger partial charge is 0.251 e. The third kappa shape index (κ3) is 3.34. The molecule has 0 unspecified atom stereocenters. The molecule has 0 saturated heterocycles. The molecule has 0 spiro atoms. The SMILES string of the molecule is CNC(=O)c1cccc(N=C(N)C(C)=CN)c1. The number of hydrogen-bond acceptors (Lipinski definition) is 3. The zero-order chi connectivity index (χ0) is 12.8. The van der Waals surface area contributed by atoms with Gasteiger partial charge in [0.2, 0.25) is 0 Å². The molecule has 0 heterocycles.